The summed E-state index contributed by atoms with van der Waals surface area (Å²) in [5, 5.41) is 3.00. The first kappa shape index (κ1) is 17.4. The van der Waals surface area contributed by atoms with Crippen LogP contribution in [0.25, 0.3) is 16.9 Å². The highest BCUT2D eigenvalue weighted by molar-refractivity contribution is 5.84. The van der Waals surface area contributed by atoms with Crippen molar-refractivity contribution < 1.29 is 22.6 Å². The summed E-state index contributed by atoms with van der Waals surface area (Å²) >= 11 is 0. The van der Waals surface area contributed by atoms with Gasteiger partial charge in [-0.1, -0.05) is 0 Å². The van der Waals surface area contributed by atoms with Crippen LogP contribution in [0.4, 0.5) is 19.0 Å². The molecule has 2 aromatic heterocycles. The fraction of sp³-hybridized carbons (Fsp3) is 0.353. The summed E-state index contributed by atoms with van der Waals surface area (Å²) in [5.41, 5.74) is 0.838. The summed E-state index contributed by atoms with van der Waals surface area (Å²) in [5.74, 6) is -0.140. The van der Waals surface area contributed by atoms with Crippen LogP contribution in [-0.2, 0) is 6.18 Å². The zero-order valence-corrected chi connectivity index (χ0v) is 14.5. The van der Waals surface area contributed by atoms with Crippen LogP contribution < -0.4 is 14.8 Å². The maximum absolute atomic E-state index is 13.3. The van der Waals surface area contributed by atoms with E-state index in [0.717, 1.165) is 12.8 Å². The lowest BCUT2D eigenvalue weighted by atomic mass is 10.2. The molecule has 0 radical (unpaired) electrons. The van der Waals surface area contributed by atoms with Crippen molar-refractivity contribution in [2.75, 3.05) is 19.5 Å². The van der Waals surface area contributed by atoms with Crippen molar-refractivity contribution in [1.82, 2.24) is 19.5 Å². The minimum Gasteiger partial charge on any atom is -0.497 e. The number of aromatic nitrogens is 4. The predicted octanol–water partition coefficient (Wildman–Crippen LogP) is 3.43. The van der Waals surface area contributed by atoms with Gasteiger partial charge in [-0.2, -0.15) is 13.2 Å². The first-order valence-corrected chi connectivity index (χ1v) is 8.21. The molecule has 4 rings (SSSR count). The van der Waals surface area contributed by atoms with Gasteiger partial charge in [0.15, 0.2) is 17.0 Å². The van der Waals surface area contributed by atoms with Crippen LogP contribution in [0.2, 0.25) is 0 Å². The lowest BCUT2D eigenvalue weighted by Crippen LogP contribution is -2.15. The summed E-state index contributed by atoms with van der Waals surface area (Å²) in [6.07, 6.45) is -1.48. The molecule has 0 unspecified atom stereocenters. The zero-order valence-electron chi connectivity index (χ0n) is 14.5. The number of hydrogen-bond donors (Lipinski definition) is 1. The second-order valence-corrected chi connectivity index (χ2v) is 6.17. The van der Waals surface area contributed by atoms with Crippen LogP contribution in [0.15, 0.2) is 24.5 Å². The highest BCUT2D eigenvalue weighted by Crippen LogP contribution is 2.34. The minimum absolute atomic E-state index is 0.0516. The molecule has 1 fully saturated rings. The molecular formula is C17H16F3N5O2. The normalized spacial score (nSPS) is 14.4. The van der Waals surface area contributed by atoms with Gasteiger partial charge in [0.25, 0.3) is 0 Å². The van der Waals surface area contributed by atoms with Gasteiger partial charge in [-0.3, -0.25) is 4.57 Å². The molecule has 142 valence electrons. The van der Waals surface area contributed by atoms with Crippen molar-refractivity contribution in [3.8, 4) is 17.2 Å². The smallest absolute Gasteiger partial charge is 0.451 e. The number of hydrogen-bond acceptors (Lipinski definition) is 6. The van der Waals surface area contributed by atoms with Crippen molar-refractivity contribution in [2.24, 2.45) is 0 Å². The lowest BCUT2D eigenvalue weighted by Gasteiger charge is -2.12. The molecule has 0 saturated heterocycles. The SMILES string of the molecule is COc1cc(OC)cc(-n2cnc3c(NC4CC4)nc(C(F)(F)F)nc32)c1. The Kier molecular flexibility index (Phi) is 4.05. The number of ether oxygens (including phenoxy) is 2. The second-order valence-electron chi connectivity index (χ2n) is 6.17. The van der Waals surface area contributed by atoms with Gasteiger partial charge in [-0.25, -0.2) is 15.0 Å². The molecule has 7 nitrogen and oxygen atoms in total. The molecule has 0 aliphatic heterocycles. The number of methoxy groups -OCH3 is 2. The third-order valence-corrected chi connectivity index (χ3v) is 4.18. The van der Waals surface area contributed by atoms with E-state index in [0.29, 0.717) is 17.2 Å². The molecule has 1 aromatic carbocycles. The van der Waals surface area contributed by atoms with E-state index >= 15 is 0 Å². The number of halogens is 3. The number of nitrogens with zero attached hydrogens (tertiary/aromatic N) is 4. The average molecular weight is 379 g/mol. The number of imidazole rings is 1. The van der Waals surface area contributed by atoms with Crippen LogP contribution in [0.3, 0.4) is 0 Å². The monoisotopic (exact) mass is 379 g/mol. The van der Waals surface area contributed by atoms with Gasteiger partial charge < -0.3 is 14.8 Å². The van der Waals surface area contributed by atoms with E-state index in [-0.39, 0.29) is 23.0 Å². The molecule has 27 heavy (non-hydrogen) atoms. The van der Waals surface area contributed by atoms with E-state index in [4.69, 9.17) is 9.47 Å². The lowest BCUT2D eigenvalue weighted by molar-refractivity contribution is -0.144. The number of nitrogens with one attached hydrogen (secondary N) is 1. The molecule has 0 atom stereocenters. The van der Waals surface area contributed by atoms with Crippen molar-refractivity contribution in [3.05, 3.63) is 30.4 Å². The molecule has 1 saturated carbocycles. The summed E-state index contributed by atoms with van der Waals surface area (Å²) in [7, 11) is 2.98. The van der Waals surface area contributed by atoms with Gasteiger partial charge >= 0.3 is 6.18 Å². The Morgan fingerprint density at radius 2 is 1.74 bits per heavy atom. The first-order chi connectivity index (χ1) is 12.9. The van der Waals surface area contributed by atoms with Gasteiger partial charge in [0.2, 0.25) is 5.82 Å². The molecule has 1 N–H and O–H groups in total. The van der Waals surface area contributed by atoms with Crippen LogP contribution in [0.1, 0.15) is 18.7 Å². The van der Waals surface area contributed by atoms with Crippen molar-refractivity contribution >= 4 is 17.0 Å². The topological polar surface area (TPSA) is 74.1 Å². The number of benzene rings is 1. The van der Waals surface area contributed by atoms with E-state index in [1.165, 1.54) is 25.1 Å². The van der Waals surface area contributed by atoms with Gasteiger partial charge in [0.1, 0.15) is 17.8 Å². The van der Waals surface area contributed by atoms with Gasteiger partial charge in [-0.05, 0) is 12.8 Å². The molecule has 1 aliphatic rings. The Hall–Kier alpha value is -3.04. The molecule has 2 heterocycles. The maximum atomic E-state index is 13.3. The van der Waals surface area contributed by atoms with E-state index in [1.54, 1.807) is 18.2 Å². The molecular weight excluding hydrogens is 363 g/mol. The third-order valence-electron chi connectivity index (χ3n) is 4.18. The van der Waals surface area contributed by atoms with Crippen LogP contribution in [-0.4, -0.2) is 39.8 Å². The Balaban J connectivity index is 1.91. The average Bonchev–Trinajstić information content (AvgIpc) is 3.35. The molecule has 0 bridgehead atoms. The molecule has 10 heteroatoms. The summed E-state index contributed by atoms with van der Waals surface area (Å²) in [4.78, 5) is 11.6. The highest BCUT2D eigenvalue weighted by Gasteiger charge is 2.37. The Morgan fingerprint density at radius 1 is 1.07 bits per heavy atom. The van der Waals surface area contributed by atoms with Crippen LogP contribution >= 0.6 is 0 Å². The van der Waals surface area contributed by atoms with Crippen LogP contribution in [0, 0.1) is 0 Å². The first-order valence-electron chi connectivity index (χ1n) is 8.21. The van der Waals surface area contributed by atoms with Crippen LogP contribution in [0.5, 0.6) is 11.5 Å². The van der Waals surface area contributed by atoms with E-state index in [1.807, 2.05) is 0 Å². The number of fused-ring (bicyclic) bond motifs is 1. The minimum atomic E-state index is -4.67. The van der Waals surface area contributed by atoms with Gasteiger partial charge in [0, 0.05) is 24.2 Å². The Bertz CT molecular complexity index is 976. The predicted molar refractivity (Wildman–Crippen MR) is 91.4 cm³/mol. The number of anilines is 1. The van der Waals surface area contributed by atoms with E-state index in [2.05, 4.69) is 20.3 Å². The van der Waals surface area contributed by atoms with Gasteiger partial charge in [-0.15, -0.1) is 0 Å². The quantitative estimate of drug-likeness (QED) is 0.732. The summed E-state index contributed by atoms with van der Waals surface area (Å²) in [6, 6.07) is 5.10. The fourth-order valence-corrected chi connectivity index (χ4v) is 2.67. The largest absolute Gasteiger partial charge is 0.497 e. The zero-order chi connectivity index (χ0) is 19.2. The summed E-state index contributed by atoms with van der Waals surface area (Å²) in [6.45, 7) is 0. The van der Waals surface area contributed by atoms with Crippen molar-refractivity contribution in [2.45, 2.75) is 25.1 Å². The Morgan fingerprint density at radius 3 is 2.30 bits per heavy atom. The summed E-state index contributed by atoms with van der Waals surface area (Å²) < 4.78 is 51.8. The number of alkyl halides is 3. The molecule has 0 amide bonds. The number of rotatable bonds is 5. The van der Waals surface area contributed by atoms with Crippen molar-refractivity contribution in [1.29, 1.82) is 0 Å². The molecule has 1 aliphatic carbocycles. The Labute approximate surface area is 152 Å². The van der Waals surface area contributed by atoms with Gasteiger partial charge in [0.05, 0.1) is 19.9 Å². The highest BCUT2D eigenvalue weighted by atomic mass is 19.4. The fourth-order valence-electron chi connectivity index (χ4n) is 2.67. The molecule has 3 aromatic rings. The molecule has 0 spiro atoms. The van der Waals surface area contributed by atoms with E-state index in [9.17, 15) is 13.2 Å². The standard InChI is InChI=1S/C17H16F3N5O2/c1-26-11-5-10(6-12(7-11)27-2)25-8-21-13-14(22-9-3-4-9)23-16(17(18,19)20)24-15(13)25/h5-9H,3-4H2,1-2H3,(H,22,23,24). The maximum Gasteiger partial charge on any atom is 0.451 e. The third kappa shape index (κ3) is 3.34. The van der Waals surface area contributed by atoms with E-state index < -0.39 is 12.0 Å². The second kappa shape index (κ2) is 6.29. The van der Waals surface area contributed by atoms with Crippen molar-refractivity contribution in [3.63, 3.8) is 0 Å².